The van der Waals surface area contributed by atoms with Crippen LogP contribution in [-0.4, -0.2) is 83.1 Å². The van der Waals surface area contributed by atoms with E-state index < -0.39 is 90.0 Å². The molecular formula is C17H11F19O4. The predicted molar refractivity (Wildman–Crippen MR) is 87.0 cm³/mol. The molecule has 0 aromatic rings. The van der Waals surface area contributed by atoms with Crippen molar-refractivity contribution in [1.29, 1.82) is 0 Å². The number of ether oxygens (including phenoxy) is 1. The number of rotatable bonds is 13. The van der Waals surface area contributed by atoms with Crippen LogP contribution in [0.5, 0.6) is 0 Å². The second kappa shape index (κ2) is 10.4. The van der Waals surface area contributed by atoms with Crippen molar-refractivity contribution < 1.29 is 103 Å². The van der Waals surface area contributed by atoms with Gasteiger partial charge in [-0.1, -0.05) is 6.58 Å². The molecule has 1 unspecified atom stereocenters. The Morgan fingerprint density at radius 2 is 0.925 bits per heavy atom. The van der Waals surface area contributed by atoms with Gasteiger partial charge in [-0.05, 0) is 6.92 Å². The summed E-state index contributed by atoms with van der Waals surface area (Å²) in [5.74, 6) is -74.2. The van der Waals surface area contributed by atoms with E-state index in [4.69, 9.17) is 0 Å². The summed E-state index contributed by atoms with van der Waals surface area (Å²) in [7, 11) is 0. The first-order valence-corrected chi connectivity index (χ1v) is 9.27. The zero-order valence-corrected chi connectivity index (χ0v) is 18.6. The van der Waals surface area contributed by atoms with Crippen LogP contribution in [0.2, 0.25) is 0 Å². The summed E-state index contributed by atoms with van der Waals surface area (Å²) >= 11 is 0. The number of ketones is 1. The van der Waals surface area contributed by atoms with Crippen LogP contribution in [0, 0.1) is 0 Å². The van der Waals surface area contributed by atoms with E-state index in [1.54, 1.807) is 0 Å². The van der Waals surface area contributed by atoms with Crippen LogP contribution in [0.3, 0.4) is 0 Å². The lowest BCUT2D eigenvalue weighted by Gasteiger charge is -2.43. The number of Topliss-reactive ketones (excluding diaryl/α,β-unsaturated/α-hetero) is 1. The molecule has 0 bridgehead atoms. The molecule has 1 N–H and O–H groups in total. The minimum Gasteiger partial charge on any atom is -0.460 e. The number of halogens is 19. The van der Waals surface area contributed by atoms with Crippen molar-refractivity contribution in [1.82, 2.24) is 0 Å². The number of carbonyl (C=O) groups excluding carboxylic acids is 2. The highest BCUT2D eigenvalue weighted by atomic mass is 19.4. The van der Waals surface area contributed by atoms with E-state index in [0.717, 1.165) is 6.92 Å². The molecule has 0 amide bonds. The summed E-state index contributed by atoms with van der Waals surface area (Å²) in [4.78, 5) is 22.3. The molecule has 0 aromatic carbocycles. The van der Waals surface area contributed by atoms with Crippen molar-refractivity contribution in [2.75, 3.05) is 6.61 Å². The fraction of sp³-hybridized carbons (Fsp3) is 0.765. The molecule has 0 heterocycles. The van der Waals surface area contributed by atoms with E-state index in [0.29, 0.717) is 0 Å². The summed E-state index contributed by atoms with van der Waals surface area (Å²) in [5, 5.41) is 9.20. The second-order valence-electron chi connectivity index (χ2n) is 7.75. The molecule has 0 saturated heterocycles. The number of alkyl halides is 19. The lowest BCUT2D eigenvalue weighted by atomic mass is 9.86. The Morgan fingerprint density at radius 3 is 1.23 bits per heavy atom. The Labute approximate surface area is 207 Å². The number of hydrogen-bond acceptors (Lipinski definition) is 4. The number of aliphatic hydroxyl groups excluding tert-OH is 1. The summed E-state index contributed by atoms with van der Waals surface area (Å²) < 4.78 is 255. The van der Waals surface area contributed by atoms with Crippen molar-refractivity contribution in [2.45, 2.75) is 73.0 Å². The van der Waals surface area contributed by atoms with Gasteiger partial charge in [0.15, 0.2) is 0 Å². The van der Waals surface area contributed by atoms with Crippen LogP contribution >= 0.6 is 0 Å². The van der Waals surface area contributed by atoms with E-state index in [2.05, 4.69) is 11.3 Å². The normalized spacial score (nSPS) is 16.0. The van der Waals surface area contributed by atoms with Crippen LogP contribution < -0.4 is 0 Å². The molecule has 0 aliphatic carbocycles. The molecule has 0 saturated carbocycles. The summed E-state index contributed by atoms with van der Waals surface area (Å²) in [6.07, 6.45) is -13.4. The van der Waals surface area contributed by atoms with Crippen molar-refractivity contribution in [2.24, 2.45) is 0 Å². The first kappa shape index (κ1) is 37.5. The Balaban J connectivity index is 6.59. The molecule has 0 fully saturated rings. The molecule has 0 aromatic heterocycles. The third-order valence-electron chi connectivity index (χ3n) is 4.64. The van der Waals surface area contributed by atoms with E-state index in [-0.39, 0.29) is 0 Å². The summed E-state index contributed by atoms with van der Waals surface area (Å²) in [5.41, 5.74) is -0.478. The van der Waals surface area contributed by atoms with E-state index in [1.165, 1.54) is 0 Å². The number of carbonyl (C=O) groups is 2. The number of esters is 1. The van der Waals surface area contributed by atoms with Crippen molar-refractivity contribution >= 4 is 11.8 Å². The Hall–Kier alpha value is -2.49. The fourth-order valence-electron chi connectivity index (χ4n) is 2.23. The average molecular weight is 640 g/mol. The predicted octanol–water partition coefficient (Wildman–Crippen LogP) is 6.07. The third-order valence-corrected chi connectivity index (χ3v) is 4.64. The smallest absolute Gasteiger partial charge is 0.460 e. The molecule has 0 rings (SSSR count). The SMILES string of the molecule is C=C(C)C(=O)OCC(O)CC(=O)C(F)(F)C(F)(F)C(F)(F)C(F)(F)C(F)(F)C(F)(F)C(F)(F)C(F)(F)C(F)(F)F. The highest BCUT2D eigenvalue weighted by Crippen LogP contribution is 2.65. The quantitative estimate of drug-likeness (QED) is 0.151. The summed E-state index contributed by atoms with van der Waals surface area (Å²) in [6, 6.07) is 0. The van der Waals surface area contributed by atoms with Crippen molar-refractivity contribution in [3.63, 3.8) is 0 Å². The summed E-state index contributed by atoms with van der Waals surface area (Å²) in [6.45, 7) is 2.27. The number of aliphatic hydroxyl groups is 1. The lowest BCUT2D eigenvalue weighted by molar-refractivity contribution is -0.467. The average Bonchev–Trinajstić information content (AvgIpc) is 2.75. The molecule has 236 valence electrons. The largest absolute Gasteiger partial charge is 0.460 e. The van der Waals surface area contributed by atoms with Gasteiger partial charge in [0.1, 0.15) is 6.61 Å². The van der Waals surface area contributed by atoms with Gasteiger partial charge in [0.2, 0.25) is 5.78 Å². The van der Waals surface area contributed by atoms with Crippen LogP contribution in [0.1, 0.15) is 13.3 Å². The van der Waals surface area contributed by atoms with Gasteiger partial charge in [0, 0.05) is 12.0 Å². The molecule has 4 nitrogen and oxygen atoms in total. The van der Waals surface area contributed by atoms with Crippen LogP contribution in [0.4, 0.5) is 83.4 Å². The molecule has 1 atom stereocenters. The van der Waals surface area contributed by atoms with E-state index >= 15 is 0 Å². The topological polar surface area (TPSA) is 63.6 Å². The van der Waals surface area contributed by atoms with Crippen LogP contribution in [0.15, 0.2) is 12.2 Å². The highest BCUT2D eigenvalue weighted by molar-refractivity contribution is 5.88. The molecule has 40 heavy (non-hydrogen) atoms. The Kier molecular flexibility index (Phi) is 9.76. The van der Waals surface area contributed by atoms with Gasteiger partial charge in [0.05, 0.1) is 6.10 Å². The minimum absolute atomic E-state index is 0.478. The minimum atomic E-state index is -9.11. The third kappa shape index (κ3) is 5.40. The maximum Gasteiger partial charge on any atom is 0.460 e. The van der Waals surface area contributed by atoms with E-state index in [9.17, 15) is 98.1 Å². The van der Waals surface area contributed by atoms with Crippen molar-refractivity contribution in [3.05, 3.63) is 12.2 Å². The lowest BCUT2D eigenvalue weighted by Crippen LogP contribution is -2.76. The van der Waals surface area contributed by atoms with Crippen LogP contribution in [0.25, 0.3) is 0 Å². The van der Waals surface area contributed by atoms with Gasteiger partial charge in [-0.3, -0.25) is 4.79 Å². The van der Waals surface area contributed by atoms with Gasteiger partial charge in [-0.2, -0.15) is 83.4 Å². The Morgan fingerprint density at radius 1 is 0.625 bits per heavy atom. The first-order chi connectivity index (χ1) is 17.1. The molecule has 0 radical (unpaired) electrons. The van der Waals surface area contributed by atoms with Crippen LogP contribution in [-0.2, 0) is 14.3 Å². The molecule has 23 heteroatoms. The van der Waals surface area contributed by atoms with Gasteiger partial charge in [-0.15, -0.1) is 0 Å². The van der Waals surface area contributed by atoms with Crippen molar-refractivity contribution in [3.8, 4) is 0 Å². The molecule has 0 aliphatic rings. The van der Waals surface area contributed by atoms with E-state index in [1.807, 2.05) is 0 Å². The zero-order chi connectivity index (χ0) is 32.9. The monoisotopic (exact) mass is 640 g/mol. The number of hydrogen-bond donors (Lipinski definition) is 1. The maximum atomic E-state index is 13.8. The van der Waals surface area contributed by atoms with Gasteiger partial charge >= 0.3 is 59.5 Å². The van der Waals surface area contributed by atoms with Gasteiger partial charge < -0.3 is 9.84 Å². The highest BCUT2D eigenvalue weighted by Gasteiger charge is 2.97. The molecule has 0 spiro atoms. The maximum absolute atomic E-state index is 13.8. The standard InChI is InChI=1S/C17H11F19O4/c1-5(2)8(39)40-4-6(37)3-7(38)9(18,19)10(20,21)11(22,23)12(24,25)13(26,27)14(28,29)15(30,31)16(32,33)17(34,35)36/h6,37H,1,3-4H2,2H3. The van der Waals surface area contributed by atoms with Gasteiger partial charge in [0.25, 0.3) is 0 Å². The first-order valence-electron chi connectivity index (χ1n) is 9.27. The zero-order valence-electron chi connectivity index (χ0n) is 18.6. The molecular weight excluding hydrogens is 629 g/mol. The Bertz CT molecular complexity index is 982. The second-order valence-corrected chi connectivity index (χ2v) is 7.75. The molecule has 0 aliphatic heterocycles. The fourth-order valence-corrected chi connectivity index (χ4v) is 2.23. The van der Waals surface area contributed by atoms with Gasteiger partial charge in [-0.25, -0.2) is 4.79 Å².